The molecule has 1 heterocycles. The first-order chi connectivity index (χ1) is 14.4. The van der Waals surface area contributed by atoms with Gasteiger partial charge in [0.15, 0.2) is 0 Å². The van der Waals surface area contributed by atoms with Crippen LogP contribution in [0.15, 0.2) is 48.5 Å². The van der Waals surface area contributed by atoms with Gasteiger partial charge in [-0.3, -0.25) is 0 Å². The topological polar surface area (TPSA) is 33.7 Å². The van der Waals surface area contributed by atoms with E-state index in [1.54, 1.807) is 7.11 Å². The maximum Gasteiger partial charge on any atom is 0.118 e. The Balaban J connectivity index is 1.61. The second-order valence-electron chi connectivity index (χ2n) is 9.27. The maximum absolute atomic E-state index is 5.99. The maximum atomic E-state index is 5.99. The van der Waals surface area contributed by atoms with Gasteiger partial charge in [0.1, 0.15) is 5.75 Å². The van der Waals surface area contributed by atoms with Crippen LogP contribution in [0.4, 0.5) is 5.69 Å². The molecule has 2 aromatic carbocycles. The highest BCUT2D eigenvalue weighted by atomic mass is 16.5. The molecule has 2 atom stereocenters. The number of nitrogens with zero attached hydrogens (tertiary/aromatic N) is 1. The molecule has 0 saturated carbocycles. The fourth-order valence-corrected chi connectivity index (χ4v) is 4.55. The van der Waals surface area contributed by atoms with Crippen LogP contribution in [-0.4, -0.2) is 40.0 Å². The molecule has 0 aliphatic carbocycles. The minimum absolute atomic E-state index is 0.0325. The number of benzene rings is 2. The molecule has 3 rings (SSSR count). The van der Waals surface area contributed by atoms with Crippen molar-refractivity contribution in [1.82, 2.24) is 5.32 Å². The Bertz CT molecular complexity index is 769. The summed E-state index contributed by atoms with van der Waals surface area (Å²) in [5, 5.41) is 3.66. The van der Waals surface area contributed by atoms with Crippen LogP contribution in [0.2, 0.25) is 0 Å². The number of hydrogen-bond acceptors (Lipinski definition) is 4. The molecule has 1 aliphatic heterocycles. The first-order valence-corrected chi connectivity index (χ1v) is 11.1. The van der Waals surface area contributed by atoms with Crippen LogP contribution in [0.1, 0.15) is 50.2 Å². The lowest BCUT2D eigenvalue weighted by Gasteiger charge is -2.39. The standard InChI is InChI=1S/C26H38N2O2/c1-26(2)18-22(15-17-30-26)25(21-8-12-24(29-5)13-9-21)14-16-27-19-20-6-10-23(11-7-20)28(3)4/h6-13,22,25,27H,14-19H2,1-5H3/t22-,25+/m0/s1. The summed E-state index contributed by atoms with van der Waals surface area (Å²) >= 11 is 0. The number of nitrogens with one attached hydrogen (secondary N) is 1. The third-order valence-corrected chi connectivity index (χ3v) is 6.26. The van der Waals surface area contributed by atoms with E-state index in [2.05, 4.69) is 86.7 Å². The molecular weight excluding hydrogens is 372 g/mol. The van der Waals surface area contributed by atoms with Gasteiger partial charge in [0.05, 0.1) is 12.7 Å². The molecule has 0 amide bonds. The molecule has 0 radical (unpaired) electrons. The minimum Gasteiger partial charge on any atom is -0.497 e. The van der Waals surface area contributed by atoms with E-state index in [-0.39, 0.29) is 5.60 Å². The average Bonchev–Trinajstić information content (AvgIpc) is 2.73. The molecule has 0 bridgehead atoms. The molecule has 1 aliphatic rings. The van der Waals surface area contributed by atoms with Crippen molar-refractivity contribution in [3.63, 3.8) is 0 Å². The highest BCUT2D eigenvalue weighted by Crippen LogP contribution is 2.40. The smallest absolute Gasteiger partial charge is 0.118 e. The Kier molecular flexibility index (Phi) is 7.79. The monoisotopic (exact) mass is 410 g/mol. The quantitative estimate of drug-likeness (QED) is 0.574. The summed E-state index contributed by atoms with van der Waals surface area (Å²) in [7, 11) is 5.87. The number of methoxy groups -OCH3 is 1. The second kappa shape index (κ2) is 10.3. The van der Waals surface area contributed by atoms with Gasteiger partial charge in [0.25, 0.3) is 0 Å². The summed E-state index contributed by atoms with van der Waals surface area (Å²) < 4.78 is 11.4. The van der Waals surface area contributed by atoms with Crippen molar-refractivity contribution in [3.05, 3.63) is 59.7 Å². The predicted molar refractivity (Wildman–Crippen MR) is 126 cm³/mol. The normalized spacial score (nSPS) is 19.3. The van der Waals surface area contributed by atoms with Gasteiger partial charge in [-0.2, -0.15) is 0 Å². The van der Waals surface area contributed by atoms with Crippen LogP contribution in [0.3, 0.4) is 0 Å². The number of rotatable bonds is 9. The van der Waals surface area contributed by atoms with Crippen molar-refractivity contribution in [1.29, 1.82) is 0 Å². The van der Waals surface area contributed by atoms with Crippen molar-refractivity contribution in [2.75, 3.05) is 39.3 Å². The third kappa shape index (κ3) is 6.23. The highest BCUT2D eigenvalue weighted by Gasteiger charge is 2.33. The first-order valence-electron chi connectivity index (χ1n) is 11.1. The summed E-state index contributed by atoms with van der Waals surface area (Å²) in [4.78, 5) is 2.13. The van der Waals surface area contributed by atoms with Crippen LogP contribution < -0.4 is 15.0 Å². The van der Waals surface area contributed by atoms with Gasteiger partial charge >= 0.3 is 0 Å². The van der Waals surface area contributed by atoms with Gasteiger partial charge in [0.2, 0.25) is 0 Å². The molecule has 30 heavy (non-hydrogen) atoms. The Morgan fingerprint density at radius 3 is 2.40 bits per heavy atom. The van der Waals surface area contributed by atoms with E-state index in [9.17, 15) is 0 Å². The number of anilines is 1. The van der Waals surface area contributed by atoms with Gasteiger partial charge in [0, 0.05) is 32.9 Å². The fourth-order valence-electron chi connectivity index (χ4n) is 4.55. The van der Waals surface area contributed by atoms with E-state index in [1.807, 2.05) is 0 Å². The largest absolute Gasteiger partial charge is 0.497 e. The molecule has 2 aromatic rings. The van der Waals surface area contributed by atoms with Gasteiger partial charge in [-0.15, -0.1) is 0 Å². The molecule has 1 fully saturated rings. The van der Waals surface area contributed by atoms with Crippen molar-refractivity contribution in [3.8, 4) is 5.75 Å². The van der Waals surface area contributed by atoms with Gasteiger partial charge < -0.3 is 19.7 Å². The lowest BCUT2D eigenvalue weighted by atomic mass is 9.75. The number of hydrogen-bond donors (Lipinski definition) is 1. The summed E-state index contributed by atoms with van der Waals surface area (Å²) in [6.45, 7) is 7.21. The zero-order chi connectivity index (χ0) is 21.6. The van der Waals surface area contributed by atoms with Crippen LogP contribution in [0.25, 0.3) is 0 Å². The molecule has 0 unspecified atom stereocenters. The van der Waals surface area contributed by atoms with Crippen LogP contribution in [0, 0.1) is 5.92 Å². The summed E-state index contributed by atoms with van der Waals surface area (Å²) in [6, 6.07) is 17.5. The molecule has 4 heteroatoms. The van der Waals surface area contributed by atoms with E-state index in [0.717, 1.165) is 44.7 Å². The number of ether oxygens (including phenoxy) is 2. The minimum atomic E-state index is -0.0325. The van der Waals surface area contributed by atoms with Crippen molar-refractivity contribution in [2.24, 2.45) is 5.92 Å². The molecule has 1 saturated heterocycles. The molecule has 0 spiro atoms. The van der Waals surface area contributed by atoms with Crippen LogP contribution >= 0.6 is 0 Å². The van der Waals surface area contributed by atoms with E-state index < -0.39 is 0 Å². The fraction of sp³-hybridized carbons (Fsp3) is 0.538. The van der Waals surface area contributed by atoms with Crippen molar-refractivity contribution >= 4 is 5.69 Å². The van der Waals surface area contributed by atoms with Gasteiger partial charge in [-0.05, 0) is 86.9 Å². The molecular formula is C26H38N2O2. The lowest BCUT2D eigenvalue weighted by Crippen LogP contribution is -2.36. The summed E-state index contributed by atoms with van der Waals surface area (Å²) in [5.41, 5.74) is 3.94. The van der Waals surface area contributed by atoms with E-state index in [0.29, 0.717) is 11.8 Å². The zero-order valence-electron chi connectivity index (χ0n) is 19.3. The Labute approximate surface area is 182 Å². The van der Waals surface area contributed by atoms with Crippen LogP contribution in [-0.2, 0) is 11.3 Å². The molecule has 4 nitrogen and oxygen atoms in total. The van der Waals surface area contributed by atoms with E-state index in [4.69, 9.17) is 9.47 Å². The zero-order valence-corrected chi connectivity index (χ0v) is 19.3. The predicted octanol–water partition coefficient (Wildman–Crippen LogP) is 5.23. The summed E-state index contributed by atoms with van der Waals surface area (Å²) in [5.74, 6) is 2.09. The Morgan fingerprint density at radius 2 is 1.80 bits per heavy atom. The highest BCUT2D eigenvalue weighted by molar-refractivity contribution is 5.45. The van der Waals surface area contributed by atoms with Crippen molar-refractivity contribution < 1.29 is 9.47 Å². The SMILES string of the molecule is COc1ccc([C@@H](CCNCc2ccc(N(C)C)cc2)[C@H]2CCOC(C)(C)C2)cc1. The lowest BCUT2D eigenvalue weighted by molar-refractivity contribution is -0.0771. The van der Waals surface area contributed by atoms with Crippen molar-refractivity contribution in [2.45, 2.75) is 51.2 Å². The Morgan fingerprint density at radius 1 is 1.10 bits per heavy atom. The first kappa shape index (κ1) is 22.6. The van der Waals surface area contributed by atoms with Gasteiger partial charge in [-0.1, -0.05) is 24.3 Å². The van der Waals surface area contributed by atoms with E-state index in [1.165, 1.54) is 16.8 Å². The van der Waals surface area contributed by atoms with Gasteiger partial charge in [-0.25, -0.2) is 0 Å². The third-order valence-electron chi connectivity index (χ3n) is 6.26. The summed E-state index contributed by atoms with van der Waals surface area (Å²) in [6.07, 6.45) is 3.37. The molecule has 0 aromatic heterocycles. The molecule has 1 N–H and O–H groups in total. The second-order valence-corrected chi connectivity index (χ2v) is 9.27. The Hall–Kier alpha value is -2.04. The van der Waals surface area contributed by atoms with Crippen LogP contribution in [0.5, 0.6) is 5.75 Å². The van der Waals surface area contributed by atoms with E-state index >= 15 is 0 Å². The molecule has 164 valence electrons. The average molecular weight is 411 g/mol.